The molecule has 0 unspecified atom stereocenters. The molecule has 0 spiro atoms. The van der Waals surface area contributed by atoms with Crippen molar-refractivity contribution in [2.45, 2.75) is 0 Å². The van der Waals surface area contributed by atoms with Gasteiger partial charge in [-0.1, -0.05) is 176 Å². The maximum absolute atomic E-state index is 6.67. The van der Waals surface area contributed by atoms with Gasteiger partial charge >= 0.3 is 0 Å². The highest BCUT2D eigenvalue weighted by atomic mass is 16.3. The van der Waals surface area contributed by atoms with Crippen LogP contribution in [0.25, 0.3) is 150 Å². The van der Waals surface area contributed by atoms with Crippen molar-refractivity contribution in [1.82, 2.24) is 19.5 Å². The Hall–Kier alpha value is -10.2. The summed E-state index contributed by atoms with van der Waals surface area (Å²) < 4.78 is 15.7. The van der Waals surface area contributed by atoms with Crippen molar-refractivity contribution in [1.29, 1.82) is 0 Å². The minimum absolute atomic E-state index is 0.603. The minimum Gasteiger partial charge on any atom is -0.456 e. The Morgan fingerprint density at radius 3 is 1.53 bits per heavy atom. The van der Waals surface area contributed by atoms with Crippen LogP contribution < -0.4 is 0 Å². The first-order valence-corrected chi connectivity index (χ1v) is 25.2. The van der Waals surface area contributed by atoms with Crippen LogP contribution in [-0.4, -0.2) is 19.5 Å². The number of rotatable bonds is 8. The summed E-state index contributed by atoms with van der Waals surface area (Å²) in [5, 5.41) is 6.74. The number of benzene rings is 11. The van der Waals surface area contributed by atoms with E-state index >= 15 is 0 Å². The first-order chi connectivity index (χ1) is 37.1. The van der Waals surface area contributed by atoms with E-state index in [1.54, 1.807) is 0 Å². The summed E-state index contributed by atoms with van der Waals surface area (Å²) in [4.78, 5) is 15.0. The Morgan fingerprint density at radius 1 is 0.253 bits per heavy atom. The number of fused-ring (bicyclic) bond motifs is 9. The first kappa shape index (κ1) is 42.5. The van der Waals surface area contributed by atoms with Crippen molar-refractivity contribution in [2.75, 3.05) is 0 Å². The van der Waals surface area contributed by atoms with Crippen LogP contribution in [0, 0.1) is 0 Å². The van der Waals surface area contributed by atoms with Crippen LogP contribution in [0.3, 0.4) is 0 Å². The van der Waals surface area contributed by atoms with Crippen LogP contribution in [0.15, 0.2) is 264 Å². The van der Waals surface area contributed by atoms with Gasteiger partial charge in [0, 0.05) is 60.8 Å². The lowest BCUT2D eigenvalue weighted by atomic mass is 9.92. The first-order valence-electron chi connectivity index (χ1n) is 25.2. The number of furan rings is 2. The van der Waals surface area contributed by atoms with E-state index in [2.05, 4.69) is 187 Å². The molecule has 0 radical (unpaired) electrons. The van der Waals surface area contributed by atoms with Crippen molar-refractivity contribution < 1.29 is 8.83 Å². The third-order valence-electron chi connectivity index (χ3n) is 14.6. The number of nitrogens with zero attached hydrogens (tertiary/aromatic N) is 4. The summed E-state index contributed by atoms with van der Waals surface area (Å²) >= 11 is 0. The quantitative estimate of drug-likeness (QED) is 0.152. The SMILES string of the molecule is c1ccc(-c2ccc3c(c2)c2ccccc2n3-c2ccc3c(c2)oc2ccc(-c4cccc(-c5cc(-c6cccc(-c7nc(-c8ccccc8)nc(-c8ccccc8)n7)c6)cc6oc7ccccc7c56)c4)cc23)cc1. The molecule has 0 aliphatic heterocycles. The van der Waals surface area contributed by atoms with E-state index in [0.717, 1.165) is 111 Å². The number of hydrogen-bond acceptors (Lipinski definition) is 5. The molecular weight excluding hydrogens is 917 g/mol. The van der Waals surface area contributed by atoms with Crippen molar-refractivity contribution >= 4 is 65.7 Å². The van der Waals surface area contributed by atoms with Gasteiger partial charge in [0.15, 0.2) is 17.5 Å². The molecular formula is C69H42N4O2. The average Bonchev–Trinajstić information content (AvgIpc) is 4.20. The van der Waals surface area contributed by atoms with Crippen LogP contribution in [0.4, 0.5) is 0 Å². The molecule has 6 nitrogen and oxygen atoms in total. The molecule has 0 bridgehead atoms. The second-order valence-electron chi connectivity index (χ2n) is 19.1. The molecule has 0 atom stereocenters. The zero-order valence-electron chi connectivity index (χ0n) is 40.4. The van der Waals surface area contributed by atoms with E-state index in [0.29, 0.717) is 17.5 Å². The molecule has 4 heterocycles. The van der Waals surface area contributed by atoms with Gasteiger partial charge in [0.05, 0.1) is 11.0 Å². The van der Waals surface area contributed by atoms with Crippen molar-refractivity contribution in [3.63, 3.8) is 0 Å². The van der Waals surface area contributed by atoms with E-state index in [9.17, 15) is 0 Å². The molecule has 15 aromatic rings. The molecule has 4 aromatic heterocycles. The van der Waals surface area contributed by atoms with Gasteiger partial charge in [-0.3, -0.25) is 0 Å². The molecule has 11 aromatic carbocycles. The van der Waals surface area contributed by atoms with E-state index in [1.807, 2.05) is 72.8 Å². The number of hydrogen-bond donors (Lipinski definition) is 0. The lowest BCUT2D eigenvalue weighted by Gasteiger charge is -2.12. The molecule has 6 heteroatoms. The summed E-state index contributed by atoms with van der Waals surface area (Å²) in [7, 11) is 0. The maximum atomic E-state index is 6.67. The fraction of sp³-hybridized carbons (Fsp3) is 0. The summed E-state index contributed by atoms with van der Waals surface area (Å²) in [6, 6.07) is 89.4. The Labute approximate surface area is 431 Å². The maximum Gasteiger partial charge on any atom is 0.164 e. The van der Waals surface area contributed by atoms with Gasteiger partial charge in [-0.2, -0.15) is 0 Å². The Bertz CT molecular complexity index is 4650. The van der Waals surface area contributed by atoms with Gasteiger partial charge in [0.1, 0.15) is 22.3 Å². The van der Waals surface area contributed by atoms with Gasteiger partial charge in [-0.25, -0.2) is 15.0 Å². The molecule has 0 saturated heterocycles. The summed E-state index contributed by atoms with van der Waals surface area (Å²) in [5.41, 5.74) is 18.3. The van der Waals surface area contributed by atoms with E-state index in [1.165, 1.54) is 21.9 Å². The highest BCUT2D eigenvalue weighted by molar-refractivity contribution is 6.15. The largest absolute Gasteiger partial charge is 0.456 e. The second-order valence-corrected chi connectivity index (χ2v) is 19.1. The molecule has 0 aliphatic carbocycles. The third-order valence-corrected chi connectivity index (χ3v) is 14.6. The smallest absolute Gasteiger partial charge is 0.164 e. The van der Waals surface area contributed by atoms with Gasteiger partial charge in [-0.15, -0.1) is 0 Å². The third kappa shape index (κ3) is 7.30. The molecule has 0 aliphatic rings. The van der Waals surface area contributed by atoms with Gasteiger partial charge < -0.3 is 13.4 Å². The van der Waals surface area contributed by atoms with Gasteiger partial charge in [0.2, 0.25) is 0 Å². The Balaban J connectivity index is 0.816. The number of para-hydroxylation sites is 2. The van der Waals surface area contributed by atoms with Crippen molar-refractivity contribution in [3.05, 3.63) is 255 Å². The molecule has 0 N–H and O–H groups in total. The fourth-order valence-corrected chi connectivity index (χ4v) is 11.0. The minimum atomic E-state index is 0.603. The van der Waals surface area contributed by atoms with E-state index < -0.39 is 0 Å². The van der Waals surface area contributed by atoms with Crippen LogP contribution >= 0.6 is 0 Å². The van der Waals surface area contributed by atoms with Crippen LogP contribution in [0.1, 0.15) is 0 Å². The zero-order chi connectivity index (χ0) is 49.4. The van der Waals surface area contributed by atoms with Crippen LogP contribution in [0.5, 0.6) is 0 Å². The van der Waals surface area contributed by atoms with Crippen LogP contribution in [0.2, 0.25) is 0 Å². The zero-order valence-corrected chi connectivity index (χ0v) is 40.4. The van der Waals surface area contributed by atoms with Crippen LogP contribution in [-0.2, 0) is 0 Å². The summed E-state index contributed by atoms with van der Waals surface area (Å²) in [6.45, 7) is 0. The van der Waals surface area contributed by atoms with Crippen molar-refractivity contribution in [3.8, 4) is 84.4 Å². The predicted octanol–water partition coefficient (Wildman–Crippen LogP) is 18.4. The number of aromatic nitrogens is 4. The van der Waals surface area contributed by atoms with E-state index in [-0.39, 0.29) is 0 Å². The topological polar surface area (TPSA) is 69.9 Å². The fourth-order valence-electron chi connectivity index (χ4n) is 11.0. The molecule has 350 valence electrons. The van der Waals surface area contributed by atoms with E-state index in [4.69, 9.17) is 23.8 Å². The molecule has 75 heavy (non-hydrogen) atoms. The average molecular weight is 959 g/mol. The Kier molecular flexibility index (Phi) is 9.78. The van der Waals surface area contributed by atoms with Gasteiger partial charge in [0.25, 0.3) is 0 Å². The predicted molar refractivity (Wildman–Crippen MR) is 307 cm³/mol. The molecule has 0 fully saturated rings. The molecule has 0 saturated carbocycles. The highest BCUT2D eigenvalue weighted by Crippen LogP contribution is 2.43. The lowest BCUT2D eigenvalue weighted by Crippen LogP contribution is -2.00. The highest BCUT2D eigenvalue weighted by Gasteiger charge is 2.20. The normalized spacial score (nSPS) is 11.7. The molecule has 0 amide bonds. The summed E-state index contributed by atoms with van der Waals surface area (Å²) in [5.74, 6) is 1.85. The lowest BCUT2D eigenvalue weighted by molar-refractivity contribution is 0.668. The Morgan fingerprint density at radius 2 is 0.773 bits per heavy atom. The van der Waals surface area contributed by atoms with Crippen molar-refractivity contribution in [2.24, 2.45) is 0 Å². The molecule has 15 rings (SSSR count). The standard InChI is InChI=1S/C69H42N4O2/c1-4-16-43(17-5-1)48-30-34-61-58(38-48)54-26-10-12-28-60(54)73(61)53-32-33-55-59-39-49(31-35-63(59)74-64(55)42-53)46-22-14-24-50(36-46)57-40-52(41-65-66(57)56-27-11-13-29-62(56)75-65)47-23-15-25-51(37-47)69-71-67(44-18-6-2-7-19-44)70-68(72-69)45-20-8-3-9-21-45/h1-42H. The second kappa shape index (κ2) is 17.3. The monoisotopic (exact) mass is 958 g/mol. The summed E-state index contributed by atoms with van der Waals surface area (Å²) in [6.07, 6.45) is 0. The van der Waals surface area contributed by atoms with Gasteiger partial charge in [-0.05, 0) is 117 Å².